The second-order valence-electron chi connectivity index (χ2n) is 5.03. The number of hydrogen-bond donors (Lipinski definition) is 2. The Hall–Kier alpha value is -3.79. The standard InChI is InChI=1S/C18H12FN5O/c19-13-5-7-14(8-6-13)23-18(25)16-9-17(22-11-21-16)24-15-4-2-1-3-12(15)10-20/h1-9,11H,(H,23,25)(H,21,22,24). The summed E-state index contributed by atoms with van der Waals surface area (Å²) in [5.74, 6) is -0.463. The number of nitrogens with zero attached hydrogens (tertiary/aromatic N) is 3. The SMILES string of the molecule is N#Cc1ccccc1Nc1cc(C(=O)Nc2ccc(F)cc2)ncn1. The van der Waals surface area contributed by atoms with Crippen molar-refractivity contribution in [3.05, 3.63) is 78.0 Å². The van der Waals surface area contributed by atoms with E-state index in [1.165, 1.54) is 36.7 Å². The van der Waals surface area contributed by atoms with Crippen LogP contribution < -0.4 is 10.6 Å². The van der Waals surface area contributed by atoms with Crippen LogP contribution in [0.5, 0.6) is 0 Å². The summed E-state index contributed by atoms with van der Waals surface area (Å²) >= 11 is 0. The van der Waals surface area contributed by atoms with E-state index in [-0.39, 0.29) is 11.5 Å². The van der Waals surface area contributed by atoms with Gasteiger partial charge in [-0.25, -0.2) is 14.4 Å². The summed E-state index contributed by atoms with van der Waals surface area (Å²) in [6.45, 7) is 0. The number of benzene rings is 2. The molecule has 2 N–H and O–H groups in total. The lowest BCUT2D eigenvalue weighted by Gasteiger charge is -2.08. The van der Waals surface area contributed by atoms with Crippen LogP contribution in [0.25, 0.3) is 0 Å². The van der Waals surface area contributed by atoms with Crippen molar-refractivity contribution in [2.45, 2.75) is 0 Å². The van der Waals surface area contributed by atoms with Crippen LogP contribution in [0.1, 0.15) is 16.1 Å². The van der Waals surface area contributed by atoms with E-state index in [9.17, 15) is 9.18 Å². The van der Waals surface area contributed by atoms with E-state index >= 15 is 0 Å². The molecule has 3 rings (SSSR count). The number of amides is 1. The molecule has 3 aromatic rings. The molecule has 2 aromatic carbocycles. The molecule has 0 saturated carbocycles. The van der Waals surface area contributed by atoms with Gasteiger partial charge in [-0.2, -0.15) is 5.26 Å². The normalized spacial score (nSPS) is 9.92. The van der Waals surface area contributed by atoms with E-state index in [1.807, 2.05) is 0 Å². The lowest BCUT2D eigenvalue weighted by atomic mass is 10.2. The van der Waals surface area contributed by atoms with Gasteiger partial charge in [-0.15, -0.1) is 0 Å². The molecule has 0 radical (unpaired) electrons. The van der Waals surface area contributed by atoms with Crippen LogP contribution in [0.4, 0.5) is 21.6 Å². The second kappa shape index (κ2) is 7.19. The van der Waals surface area contributed by atoms with Gasteiger partial charge in [-0.1, -0.05) is 12.1 Å². The first-order valence-electron chi connectivity index (χ1n) is 7.31. The quantitative estimate of drug-likeness (QED) is 0.763. The fraction of sp³-hybridized carbons (Fsp3) is 0. The zero-order chi connectivity index (χ0) is 17.6. The van der Waals surface area contributed by atoms with Crippen molar-refractivity contribution in [2.75, 3.05) is 10.6 Å². The lowest BCUT2D eigenvalue weighted by Crippen LogP contribution is -2.14. The van der Waals surface area contributed by atoms with Gasteiger partial charge in [-0.3, -0.25) is 4.79 Å². The minimum absolute atomic E-state index is 0.135. The fourth-order valence-corrected chi connectivity index (χ4v) is 2.11. The molecule has 0 unspecified atom stereocenters. The van der Waals surface area contributed by atoms with Gasteiger partial charge in [0.25, 0.3) is 5.91 Å². The summed E-state index contributed by atoms with van der Waals surface area (Å²) in [7, 11) is 0. The first kappa shape index (κ1) is 16.1. The van der Waals surface area contributed by atoms with Crippen molar-refractivity contribution in [3.63, 3.8) is 0 Å². The summed E-state index contributed by atoms with van der Waals surface area (Å²) < 4.78 is 12.9. The summed E-state index contributed by atoms with van der Waals surface area (Å²) in [5.41, 5.74) is 1.62. The molecule has 1 heterocycles. The summed E-state index contributed by atoms with van der Waals surface area (Å²) in [6.07, 6.45) is 1.25. The Labute approximate surface area is 143 Å². The Morgan fingerprint density at radius 3 is 2.60 bits per heavy atom. The van der Waals surface area contributed by atoms with Gasteiger partial charge < -0.3 is 10.6 Å². The molecule has 0 bridgehead atoms. The highest BCUT2D eigenvalue weighted by atomic mass is 19.1. The van der Waals surface area contributed by atoms with Gasteiger partial charge in [-0.05, 0) is 36.4 Å². The minimum Gasteiger partial charge on any atom is -0.339 e. The van der Waals surface area contributed by atoms with Crippen LogP contribution in [-0.4, -0.2) is 15.9 Å². The van der Waals surface area contributed by atoms with E-state index in [2.05, 4.69) is 26.7 Å². The predicted octanol–water partition coefficient (Wildman–Crippen LogP) is 3.48. The molecular formula is C18H12FN5O. The average Bonchev–Trinajstić information content (AvgIpc) is 2.64. The molecule has 1 aromatic heterocycles. The van der Waals surface area contributed by atoms with Crippen molar-refractivity contribution < 1.29 is 9.18 Å². The van der Waals surface area contributed by atoms with Crippen molar-refractivity contribution in [1.82, 2.24) is 9.97 Å². The average molecular weight is 333 g/mol. The first-order valence-corrected chi connectivity index (χ1v) is 7.31. The molecule has 1 amide bonds. The van der Waals surface area contributed by atoms with Crippen LogP contribution in [0.15, 0.2) is 60.9 Å². The number of anilines is 3. The maximum Gasteiger partial charge on any atom is 0.274 e. The number of para-hydroxylation sites is 1. The third kappa shape index (κ3) is 3.95. The molecule has 0 aliphatic carbocycles. The minimum atomic E-state index is -0.453. The Morgan fingerprint density at radius 1 is 1.08 bits per heavy atom. The molecule has 0 aliphatic heterocycles. The molecule has 122 valence electrons. The van der Waals surface area contributed by atoms with E-state index in [4.69, 9.17) is 5.26 Å². The second-order valence-corrected chi connectivity index (χ2v) is 5.03. The molecule has 6 nitrogen and oxygen atoms in total. The van der Waals surface area contributed by atoms with Crippen LogP contribution >= 0.6 is 0 Å². The highest BCUT2D eigenvalue weighted by Crippen LogP contribution is 2.19. The van der Waals surface area contributed by atoms with Crippen LogP contribution in [-0.2, 0) is 0 Å². The third-order valence-electron chi connectivity index (χ3n) is 3.31. The highest BCUT2D eigenvalue weighted by molar-refractivity contribution is 6.03. The van der Waals surface area contributed by atoms with Crippen LogP contribution in [0.3, 0.4) is 0 Å². The maximum absolute atomic E-state index is 12.9. The number of rotatable bonds is 4. The number of nitrogens with one attached hydrogen (secondary N) is 2. The molecular weight excluding hydrogens is 321 g/mol. The number of nitriles is 1. The fourth-order valence-electron chi connectivity index (χ4n) is 2.11. The van der Waals surface area contributed by atoms with Gasteiger partial charge in [0.1, 0.15) is 29.7 Å². The molecule has 0 spiro atoms. The van der Waals surface area contributed by atoms with Gasteiger partial charge >= 0.3 is 0 Å². The van der Waals surface area contributed by atoms with E-state index in [1.54, 1.807) is 24.3 Å². The molecule has 7 heteroatoms. The van der Waals surface area contributed by atoms with E-state index in [0.29, 0.717) is 22.8 Å². The number of aromatic nitrogens is 2. The first-order chi connectivity index (χ1) is 12.2. The van der Waals surface area contributed by atoms with Crippen molar-refractivity contribution in [2.24, 2.45) is 0 Å². The lowest BCUT2D eigenvalue weighted by molar-refractivity contribution is 0.102. The predicted molar refractivity (Wildman–Crippen MR) is 90.8 cm³/mol. The zero-order valence-corrected chi connectivity index (χ0v) is 12.9. The summed E-state index contributed by atoms with van der Waals surface area (Å²) in [4.78, 5) is 20.2. The number of carbonyl (C=O) groups excluding carboxylic acids is 1. The topological polar surface area (TPSA) is 90.7 Å². The summed E-state index contributed by atoms with van der Waals surface area (Å²) in [5, 5.41) is 14.7. The van der Waals surface area contributed by atoms with Crippen LogP contribution in [0, 0.1) is 17.1 Å². The number of hydrogen-bond acceptors (Lipinski definition) is 5. The summed E-state index contributed by atoms with van der Waals surface area (Å²) in [6, 6.07) is 15.9. The molecule has 25 heavy (non-hydrogen) atoms. The number of halogens is 1. The molecule has 0 saturated heterocycles. The van der Waals surface area contributed by atoms with Crippen molar-refractivity contribution in [3.8, 4) is 6.07 Å². The van der Waals surface area contributed by atoms with Gasteiger partial charge in [0.05, 0.1) is 11.3 Å². The maximum atomic E-state index is 12.9. The van der Waals surface area contributed by atoms with Gasteiger partial charge in [0, 0.05) is 11.8 Å². The van der Waals surface area contributed by atoms with Gasteiger partial charge in [0.15, 0.2) is 0 Å². The van der Waals surface area contributed by atoms with Gasteiger partial charge in [0.2, 0.25) is 0 Å². The largest absolute Gasteiger partial charge is 0.339 e. The smallest absolute Gasteiger partial charge is 0.274 e. The molecule has 0 fully saturated rings. The van der Waals surface area contributed by atoms with E-state index < -0.39 is 5.91 Å². The zero-order valence-electron chi connectivity index (χ0n) is 12.9. The highest BCUT2D eigenvalue weighted by Gasteiger charge is 2.10. The monoisotopic (exact) mass is 333 g/mol. The molecule has 0 aliphatic rings. The van der Waals surface area contributed by atoms with Crippen LogP contribution in [0.2, 0.25) is 0 Å². The van der Waals surface area contributed by atoms with Crippen molar-refractivity contribution in [1.29, 1.82) is 5.26 Å². The Bertz CT molecular complexity index is 950. The van der Waals surface area contributed by atoms with E-state index in [0.717, 1.165) is 0 Å². The number of carbonyl (C=O) groups is 1. The third-order valence-corrected chi connectivity index (χ3v) is 3.31. The Kier molecular flexibility index (Phi) is 4.62. The Morgan fingerprint density at radius 2 is 1.84 bits per heavy atom. The molecule has 0 atom stereocenters. The Balaban J connectivity index is 1.78. The van der Waals surface area contributed by atoms with Crippen molar-refractivity contribution >= 4 is 23.1 Å².